The van der Waals surface area contributed by atoms with E-state index in [-0.39, 0.29) is 23.1 Å². The molecule has 0 amide bonds. The van der Waals surface area contributed by atoms with Crippen molar-refractivity contribution in [2.45, 2.75) is 16.0 Å². The number of thioether (sulfide) groups is 1. The second kappa shape index (κ2) is 6.55. The molecule has 120 valence electrons. The van der Waals surface area contributed by atoms with Gasteiger partial charge in [-0.25, -0.2) is 16.8 Å². The zero-order valence-electron chi connectivity index (χ0n) is 11.4. The maximum atomic E-state index is 12.7. The van der Waals surface area contributed by atoms with E-state index >= 15 is 0 Å². The molecular formula is C11H17NO5S4. The number of sulfonamides is 1. The number of hydrogen-bond acceptors (Lipinski definition) is 7. The molecule has 1 atom stereocenters. The van der Waals surface area contributed by atoms with Gasteiger partial charge in [0, 0.05) is 42.2 Å². The van der Waals surface area contributed by atoms with E-state index in [0.717, 1.165) is 26.8 Å². The lowest BCUT2D eigenvalue weighted by Gasteiger charge is -2.32. The van der Waals surface area contributed by atoms with Crippen molar-refractivity contribution in [1.29, 1.82) is 0 Å². The number of hydrogen-bond donors (Lipinski definition) is 1. The number of nitrogens with zero attached hydrogens (tertiary/aromatic N) is 1. The fourth-order valence-electron chi connectivity index (χ4n) is 2.03. The van der Waals surface area contributed by atoms with Crippen LogP contribution in [-0.4, -0.2) is 62.5 Å². The summed E-state index contributed by atoms with van der Waals surface area (Å²) in [7, 11) is -7.29. The zero-order chi connectivity index (χ0) is 15.7. The van der Waals surface area contributed by atoms with E-state index in [0.29, 0.717) is 12.2 Å². The van der Waals surface area contributed by atoms with Crippen LogP contribution < -0.4 is 0 Å². The molecule has 1 aliphatic rings. The summed E-state index contributed by atoms with van der Waals surface area (Å²) >= 11 is 2.52. The Kier molecular flexibility index (Phi) is 5.37. The molecule has 0 spiro atoms. The van der Waals surface area contributed by atoms with Gasteiger partial charge in [-0.3, -0.25) is 0 Å². The van der Waals surface area contributed by atoms with E-state index in [1.54, 1.807) is 6.07 Å². The lowest BCUT2D eigenvalue weighted by molar-refractivity contribution is 0.300. The SMILES string of the molecule is CS(=O)(=O)C1CSCCN1S(=O)(=O)c1ccc(CCO)s1. The van der Waals surface area contributed by atoms with Crippen LogP contribution in [0.2, 0.25) is 0 Å². The molecule has 1 fully saturated rings. The Balaban J connectivity index is 2.36. The van der Waals surface area contributed by atoms with Crippen molar-refractivity contribution in [2.75, 3.05) is 30.9 Å². The van der Waals surface area contributed by atoms with E-state index in [1.165, 1.54) is 17.8 Å². The van der Waals surface area contributed by atoms with Crippen LogP contribution in [0.25, 0.3) is 0 Å². The van der Waals surface area contributed by atoms with Crippen molar-refractivity contribution in [1.82, 2.24) is 4.31 Å². The summed E-state index contributed by atoms with van der Waals surface area (Å²) in [5.41, 5.74) is 0. The normalized spacial score (nSPS) is 21.5. The molecule has 6 nitrogen and oxygen atoms in total. The van der Waals surface area contributed by atoms with Crippen LogP contribution in [0.3, 0.4) is 0 Å². The summed E-state index contributed by atoms with van der Waals surface area (Å²) in [5, 5.41) is 7.88. The third-order valence-electron chi connectivity index (χ3n) is 3.09. The monoisotopic (exact) mass is 371 g/mol. The first kappa shape index (κ1) is 17.2. The maximum Gasteiger partial charge on any atom is 0.253 e. The number of aliphatic hydroxyl groups is 1. The quantitative estimate of drug-likeness (QED) is 0.805. The van der Waals surface area contributed by atoms with Crippen molar-refractivity contribution >= 4 is 43.0 Å². The predicted octanol–water partition coefficient (Wildman–Crippen LogP) is 0.391. The van der Waals surface area contributed by atoms with Crippen molar-refractivity contribution < 1.29 is 21.9 Å². The molecule has 0 aliphatic carbocycles. The number of rotatable bonds is 5. The first-order valence-electron chi connectivity index (χ1n) is 6.25. The number of thiophene rings is 1. The number of sulfone groups is 1. The van der Waals surface area contributed by atoms with Crippen LogP contribution in [0.4, 0.5) is 0 Å². The van der Waals surface area contributed by atoms with E-state index < -0.39 is 25.2 Å². The summed E-state index contributed by atoms with van der Waals surface area (Å²) in [5.74, 6) is 0.840. The standard InChI is InChI=1S/C11H17NO5S4/c1-20(14,15)10-8-18-7-5-12(10)21(16,17)11-3-2-9(19-11)4-6-13/h2-3,10,13H,4-8H2,1H3. The molecule has 1 saturated heterocycles. The second-order valence-corrected chi connectivity index (χ2v) is 11.3. The highest BCUT2D eigenvalue weighted by atomic mass is 32.2. The fraction of sp³-hybridized carbons (Fsp3) is 0.636. The molecule has 1 aromatic rings. The third-order valence-corrected chi connectivity index (χ3v) is 9.39. The van der Waals surface area contributed by atoms with Crippen molar-refractivity contribution in [3.05, 3.63) is 17.0 Å². The van der Waals surface area contributed by atoms with Gasteiger partial charge in [-0.15, -0.1) is 11.3 Å². The molecule has 1 unspecified atom stereocenters. The van der Waals surface area contributed by atoms with Gasteiger partial charge in [-0.2, -0.15) is 16.1 Å². The van der Waals surface area contributed by atoms with Gasteiger partial charge in [0.1, 0.15) is 9.58 Å². The fourth-order valence-corrected chi connectivity index (χ4v) is 8.68. The molecule has 0 aromatic carbocycles. The maximum absolute atomic E-state index is 12.7. The van der Waals surface area contributed by atoms with Crippen LogP contribution in [-0.2, 0) is 26.3 Å². The molecule has 1 aromatic heterocycles. The highest BCUT2D eigenvalue weighted by molar-refractivity contribution is 8.01. The third kappa shape index (κ3) is 3.80. The van der Waals surface area contributed by atoms with Gasteiger partial charge in [-0.05, 0) is 12.1 Å². The first-order valence-corrected chi connectivity index (χ1v) is 11.6. The Bertz CT molecular complexity index is 694. The number of aliphatic hydroxyl groups excluding tert-OH is 1. The van der Waals surface area contributed by atoms with E-state index in [9.17, 15) is 16.8 Å². The molecule has 2 rings (SSSR count). The van der Waals surface area contributed by atoms with Gasteiger partial charge in [0.25, 0.3) is 10.0 Å². The Labute approximate surface area is 133 Å². The van der Waals surface area contributed by atoms with Gasteiger partial charge in [-0.1, -0.05) is 0 Å². The van der Waals surface area contributed by atoms with Gasteiger partial charge >= 0.3 is 0 Å². The Morgan fingerprint density at radius 2 is 2.05 bits per heavy atom. The summed E-state index contributed by atoms with van der Waals surface area (Å²) in [6.45, 7) is 0.143. The molecule has 1 N–H and O–H groups in total. The van der Waals surface area contributed by atoms with Gasteiger partial charge in [0.15, 0.2) is 9.84 Å². The van der Waals surface area contributed by atoms with E-state index in [2.05, 4.69) is 0 Å². The lowest BCUT2D eigenvalue weighted by Crippen LogP contribution is -2.49. The summed E-state index contributed by atoms with van der Waals surface area (Å²) in [6.07, 6.45) is 1.46. The molecule has 0 radical (unpaired) electrons. The topological polar surface area (TPSA) is 91.8 Å². The molecular weight excluding hydrogens is 354 g/mol. The molecule has 21 heavy (non-hydrogen) atoms. The zero-order valence-corrected chi connectivity index (χ0v) is 14.7. The predicted molar refractivity (Wildman–Crippen MR) is 85.0 cm³/mol. The highest BCUT2D eigenvalue weighted by Gasteiger charge is 2.39. The summed E-state index contributed by atoms with van der Waals surface area (Å²) < 4.78 is 50.2. The Hall–Kier alpha value is -0.130. The Morgan fingerprint density at radius 3 is 2.67 bits per heavy atom. The van der Waals surface area contributed by atoms with Crippen molar-refractivity contribution in [3.63, 3.8) is 0 Å². The van der Waals surface area contributed by atoms with Crippen molar-refractivity contribution in [3.8, 4) is 0 Å². The van der Waals surface area contributed by atoms with Gasteiger partial charge < -0.3 is 5.11 Å². The molecule has 0 saturated carbocycles. The highest BCUT2D eigenvalue weighted by Crippen LogP contribution is 2.30. The van der Waals surface area contributed by atoms with E-state index in [4.69, 9.17) is 5.11 Å². The van der Waals surface area contributed by atoms with Gasteiger partial charge in [0.2, 0.25) is 0 Å². The van der Waals surface area contributed by atoms with Crippen LogP contribution in [0, 0.1) is 0 Å². The minimum absolute atomic E-state index is 0.0493. The molecule has 1 aliphatic heterocycles. The van der Waals surface area contributed by atoms with Gasteiger partial charge in [0.05, 0.1) is 0 Å². The molecule has 10 heteroatoms. The van der Waals surface area contributed by atoms with Crippen molar-refractivity contribution in [2.24, 2.45) is 0 Å². The summed E-state index contributed by atoms with van der Waals surface area (Å²) in [6, 6.07) is 3.13. The lowest BCUT2D eigenvalue weighted by atomic mass is 10.4. The van der Waals surface area contributed by atoms with Crippen LogP contribution >= 0.6 is 23.1 Å². The van der Waals surface area contributed by atoms with E-state index in [1.807, 2.05) is 0 Å². The second-order valence-electron chi connectivity index (χ2n) is 4.67. The summed E-state index contributed by atoms with van der Waals surface area (Å²) in [4.78, 5) is 0.762. The Morgan fingerprint density at radius 1 is 1.33 bits per heavy atom. The largest absolute Gasteiger partial charge is 0.396 e. The van der Waals surface area contributed by atoms with Crippen LogP contribution in [0.15, 0.2) is 16.3 Å². The van der Waals surface area contributed by atoms with Crippen LogP contribution in [0.5, 0.6) is 0 Å². The van der Waals surface area contributed by atoms with Crippen LogP contribution in [0.1, 0.15) is 4.88 Å². The average Bonchev–Trinajstić information content (AvgIpc) is 2.87. The molecule has 2 heterocycles. The smallest absolute Gasteiger partial charge is 0.253 e. The molecule has 0 bridgehead atoms. The minimum atomic E-state index is -3.81. The average molecular weight is 372 g/mol. The minimum Gasteiger partial charge on any atom is -0.396 e. The first-order chi connectivity index (χ1) is 9.76.